The summed E-state index contributed by atoms with van der Waals surface area (Å²) in [6, 6.07) is 38.6. The second kappa shape index (κ2) is 8.69. The third-order valence-electron chi connectivity index (χ3n) is 6.40. The number of aromatic nitrogens is 3. The first-order valence-corrected chi connectivity index (χ1v) is 11.3. The molecule has 0 radical (unpaired) electrons. The van der Waals surface area contributed by atoms with Crippen LogP contribution in [0.1, 0.15) is 0 Å². The first-order valence-electron chi connectivity index (χ1n) is 11.3. The molecule has 0 fully saturated rings. The Bertz CT molecular complexity index is 1870. The van der Waals surface area contributed by atoms with E-state index in [0.29, 0.717) is 0 Å². The molecule has 168 valence electrons. The molecule has 3 aromatic heterocycles. The molecule has 0 bridgehead atoms. The minimum absolute atomic E-state index is 0. The predicted octanol–water partition coefficient (Wildman–Crippen LogP) is 7.62. The second-order valence-electron chi connectivity index (χ2n) is 8.42. The van der Waals surface area contributed by atoms with Gasteiger partial charge in [-0.2, -0.15) is 0 Å². The number of hydrogen-bond acceptors (Lipinski definition) is 3. The summed E-state index contributed by atoms with van der Waals surface area (Å²) in [7, 11) is 0. The minimum atomic E-state index is 0. The molecule has 0 N–H and O–H groups in total. The van der Waals surface area contributed by atoms with Gasteiger partial charge < -0.3 is 0 Å². The van der Waals surface area contributed by atoms with Gasteiger partial charge in [-0.05, 0) is 29.3 Å². The van der Waals surface area contributed by atoms with Crippen molar-refractivity contribution in [1.82, 2.24) is 15.0 Å². The van der Waals surface area contributed by atoms with Gasteiger partial charge in [0.1, 0.15) is 0 Å². The van der Waals surface area contributed by atoms with Crippen LogP contribution in [0.3, 0.4) is 0 Å². The molecular weight excluding hydrogens is 609 g/mol. The first kappa shape index (κ1) is 21.6. The van der Waals surface area contributed by atoms with Crippen LogP contribution in [-0.2, 0) is 21.1 Å². The normalized spacial score (nSPS) is 11.2. The first-order chi connectivity index (χ1) is 16.8. The van der Waals surface area contributed by atoms with E-state index in [4.69, 9.17) is 9.97 Å². The van der Waals surface area contributed by atoms with Gasteiger partial charge in [0.25, 0.3) is 0 Å². The van der Waals surface area contributed by atoms with E-state index in [1.54, 1.807) is 0 Å². The molecule has 3 heterocycles. The van der Waals surface area contributed by atoms with E-state index in [2.05, 4.69) is 77.8 Å². The predicted molar refractivity (Wildman–Crippen MR) is 140 cm³/mol. The SMILES string of the molecule is [Pt].[c-]1ccc2ccccc2c1-c1cccc(-c2ccc3ccc4ccc5cccnc5c4c3n2)n1. The number of hydrogen-bond donors (Lipinski definition) is 0. The number of fused-ring (bicyclic) bond motifs is 6. The van der Waals surface area contributed by atoms with Gasteiger partial charge in [0.05, 0.1) is 22.4 Å². The van der Waals surface area contributed by atoms with E-state index in [9.17, 15) is 0 Å². The summed E-state index contributed by atoms with van der Waals surface area (Å²) in [6.07, 6.45) is 1.84. The van der Waals surface area contributed by atoms with Gasteiger partial charge in [0.2, 0.25) is 0 Å². The zero-order valence-electron chi connectivity index (χ0n) is 18.6. The summed E-state index contributed by atoms with van der Waals surface area (Å²) in [5.41, 5.74) is 5.49. The molecule has 7 rings (SSSR count). The standard InChI is InChI=1S/C31H18N3.Pt/c1-2-9-24-20(6-1)7-3-10-25(24)26-11-4-12-27(33-26)28-18-17-23-16-14-21-13-15-22-8-5-19-32-30(22)29(21)31(23)34-28;/h1-9,11-19H;/q-1;. The van der Waals surface area contributed by atoms with Gasteiger partial charge in [-0.15, -0.1) is 29.1 Å². The number of rotatable bonds is 2. The largest absolute Gasteiger partial charge is 0.295 e. The molecule has 3 nitrogen and oxygen atoms in total. The van der Waals surface area contributed by atoms with Crippen LogP contribution in [0.4, 0.5) is 0 Å². The van der Waals surface area contributed by atoms with Crippen molar-refractivity contribution in [2.45, 2.75) is 0 Å². The molecule has 0 amide bonds. The monoisotopic (exact) mass is 627 g/mol. The van der Waals surface area contributed by atoms with Crippen molar-refractivity contribution in [3.05, 3.63) is 115 Å². The zero-order valence-corrected chi connectivity index (χ0v) is 20.8. The molecule has 4 heteroatoms. The van der Waals surface area contributed by atoms with E-state index < -0.39 is 0 Å². The molecule has 0 unspecified atom stereocenters. The fourth-order valence-corrected chi connectivity index (χ4v) is 4.77. The van der Waals surface area contributed by atoms with Gasteiger partial charge in [-0.25, -0.2) is 4.98 Å². The number of pyridine rings is 3. The molecule has 7 aromatic rings. The summed E-state index contributed by atoms with van der Waals surface area (Å²) in [5.74, 6) is 0. The average molecular weight is 628 g/mol. The van der Waals surface area contributed by atoms with Gasteiger partial charge in [0, 0.05) is 43.4 Å². The van der Waals surface area contributed by atoms with Crippen LogP contribution in [-0.4, -0.2) is 15.0 Å². The summed E-state index contributed by atoms with van der Waals surface area (Å²) >= 11 is 0. The van der Waals surface area contributed by atoms with Crippen molar-refractivity contribution in [2.24, 2.45) is 0 Å². The topological polar surface area (TPSA) is 38.7 Å². The van der Waals surface area contributed by atoms with Crippen molar-refractivity contribution >= 4 is 43.4 Å². The van der Waals surface area contributed by atoms with Crippen molar-refractivity contribution < 1.29 is 21.1 Å². The molecular formula is C31H18N3Pt-. The van der Waals surface area contributed by atoms with Gasteiger partial charge >= 0.3 is 0 Å². The molecule has 4 aromatic carbocycles. The Morgan fingerprint density at radius 2 is 1.23 bits per heavy atom. The van der Waals surface area contributed by atoms with E-state index >= 15 is 0 Å². The maximum absolute atomic E-state index is 5.11. The molecule has 0 saturated heterocycles. The summed E-state index contributed by atoms with van der Waals surface area (Å²) < 4.78 is 0. The molecule has 0 aliphatic carbocycles. The van der Waals surface area contributed by atoms with Crippen LogP contribution < -0.4 is 0 Å². The van der Waals surface area contributed by atoms with Crippen LogP contribution in [0.25, 0.3) is 66.0 Å². The van der Waals surface area contributed by atoms with Gasteiger partial charge in [-0.1, -0.05) is 78.2 Å². The molecule has 0 spiro atoms. The van der Waals surface area contributed by atoms with Crippen molar-refractivity contribution in [3.63, 3.8) is 0 Å². The molecule has 0 saturated carbocycles. The molecule has 0 aliphatic rings. The van der Waals surface area contributed by atoms with Crippen molar-refractivity contribution in [3.8, 4) is 22.6 Å². The third kappa shape index (κ3) is 3.60. The van der Waals surface area contributed by atoms with Crippen molar-refractivity contribution in [2.75, 3.05) is 0 Å². The van der Waals surface area contributed by atoms with Gasteiger partial charge in [-0.3, -0.25) is 9.97 Å². The molecule has 0 aliphatic heterocycles. The smallest absolute Gasteiger partial charge is 0.0884 e. The Hall–Kier alpha value is -3.94. The Balaban J connectivity index is 0.00000229. The van der Waals surface area contributed by atoms with E-state index in [1.165, 1.54) is 5.39 Å². The summed E-state index contributed by atoms with van der Waals surface area (Å²) in [6.45, 7) is 0. The van der Waals surface area contributed by atoms with Crippen LogP contribution in [0, 0.1) is 6.07 Å². The number of nitrogens with zero attached hydrogens (tertiary/aromatic N) is 3. The second-order valence-corrected chi connectivity index (χ2v) is 8.42. The van der Waals surface area contributed by atoms with E-state index in [0.717, 1.165) is 60.6 Å². The van der Waals surface area contributed by atoms with E-state index in [-0.39, 0.29) is 21.1 Å². The Kier molecular flexibility index (Phi) is 5.36. The fraction of sp³-hybridized carbons (Fsp3) is 0. The van der Waals surface area contributed by atoms with Gasteiger partial charge in [0.15, 0.2) is 0 Å². The van der Waals surface area contributed by atoms with Crippen molar-refractivity contribution in [1.29, 1.82) is 0 Å². The van der Waals surface area contributed by atoms with E-state index in [1.807, 2.05) is 42.6 Å². The maximum atomic E-state index is 5.11. The molecule has 0 atom stereocenters. The Morgan fingerprint density at radius 3 is 2.14 bits per heavy atom. The van der Waals surface area contributed by atoms with Crippen LogP contribution in [0.15, 0.2) is 109 Å². The Labute approximate surface area is 216 Å². The summed E-state index contributed by atoms with van der Waals surface area (Å²) in [5, 5.41) is 6.74. The zero-order chi connectivity index (χ0) is 22.5. The van der Waals surface area contributed by atoms with Crippen LogP contribution in [0.2, 0.25) is 0 Å². The third-order valence-corrected chi connectivity index (χ3v) is 6.40. The summed E-state index contributed by atoms with van der Waals surface area (Å²) in [4.78, 5) is 14.8. The van der Waals surface area contributed by atoms with Crippen LogP contribution in [0.5, 0.6) is 0 Å². The Morgan fingerprint density at radius 1 is 0.514 bits per heavy atom. The van der Waals surface area contributed by atoms with Crippen LogP contribution >= 0.6 is 0 Å². The number of benzene rings is 4. The fourth-order valence-electron chi connectivity index (χ4n) is 4.77. The maximum Gasteiger partial charge on any atom is 0.0884 e. The minimum Gasteiger partial charge on any atom is -0.295 e. The molecule has 35 heavy (non-hydrogen) atoms. The quantitative estimate of drug-likeness (QED) is 0.146. The average Bonchev–Trinajstić information content (AvgIpc) is 2.92.